The standard InChI is InChI=1S/C8H11O8P/c9-5(10)3-4(8(13)14)15-6(11)1-2-7(12)16-17/h4H,1-3,17H2,(H,9,10)(H,13,14)/t4-/m0/s1. The summed E-state index contributed by atoms with van der Waals surface area (Å²) in [6.45, 7) is 0. The van der Waals surface area contributed by atoms with Crippen molar-refractivity contribution in [3.8, 4) is 0 Å². The maximum absolute atomic E-state index is 11.1. The Kier molecular flexibility index (Phi) is 6.81. The lowest BCUT2D eigenvalue weighted by Gasteiger charge is -2.11. The first-order chi connectivity index (χ1) is 7.86. The third-order valence-corrected chi connectivity index (χ3v) is 1.84. The van der Waals surface area contributed by atoms with Gasteiger partial charge in [0.05, 0.1) is 28.7 Å². The van der Waals surface area contributed by atoms with Crippen LogP contribution in [0.4, 0.5) is 0 Å². The summed E-state index contributed by atoms with van der Waals surface area (Å²) >= 11 is 0. The average Bonchev–Trinajstić information content (AvgIpc) is 2.24. The first kappa shape index (κ1) is 15.3. The summed E-state index contributed by atoms with van der Waals surface area (Å²) in [6, 6.07) is 0. The number of carboxylic acid groups (broad SMARTS) is 2. The van der Waals surface area contributed by atoms with Gasteiger partial charge in [-0.15, -0.1) is 0 Å². The van der Waals surface area contributed by atoms with Crippen molar-refractivity contribution < 1.29 is 38.7 Å². The van der Waals surface area contributed by atoms with Crippen LogP contribution < -0.4 is 0 Å². The zero-order chi connectivity index (χ0) is 13.4. The molecule has 0 aromatic rings. The fraction of sp³-hybridized carbons (Fsp3) is 0.500. The Morgan fingerprint density at radius 1 is 1.06 bits per heavy atom. The van der Waals surface area contributed by atoms with E-state index in [-0.39, 0.29) is 12.8 Å². The van der Waals surface area contributed by atoms with E-state index < -0.39 is 36.4 Å². The van der Waals surface area contributed by atoms with Gasteiger partial charge in [0.2, 0.25) is 6.10 Å². The number of carbonyl (C=O) groups excluding carboxylic acids is 2. The predicted molar refractivity (Wildman–Crippen MR) is 54.8 cm³/mol. The van der Waals surface area contributed by atoms with Gasteiger partial charge in [0.1, 0.15) is 0 Å². The number of aliphatic carboxylic acids is 2. The Morgan fingerprint density at radius 2 is 1.59 bits per heavy atom. The molecule has 0 aliphatic rings. The van der Waals surface area contributed by atoms with E-state index in [1.165, 1.54) is 0 Å². The zero-order valence-electron chi connectivity index (χ0n) is 8.62. The highest BCUT2D eigenvalue weighted by Gasteiger charge is 2.25. The molecule has 0 spiro atoms. The molecule has 0 saturated carbocycles. The molecule has 0 rings (SSSR count). The molecule has 0 aromatic heterocycles. The summed E-state index contributed by atoms with van der Waals surface area (Å²) in [6.07, 6.45) is -3.25. The van der Waals surface area contributed by atoms with Gasteiger partial charge in [-0.25, -0.2) is 4.79 Å². The van der Waals surface area contributed by atoms with Crippen LogP contribution in [0.1, 0.15) is 19.3 Å². The fourth-order valence-electron chi connectivity index (χ4n) is 0.819. The zero-order valence-corrected chi connectivity index (χ0v) is 9.77. The molecule has 0 bridgehead atoms. The first-order valence-electron chi connectivity index (χ1n) is 4.40. The van der Waals surface area contributed by atoms with Crippen molar-refractivity contribution in [1.29, 1.82) is 0 Å². The summed E-state index contributed by atoms with van der Waals surface area (Å²) in [5, 5.41) is 16.9. The minimum atomic E-state index is -1.76. The molecular formula is C8H11O8P. The van der Waals surface area contributed by atoms with Gasteiger partial charge in [0.25, 0.3) is 0 Å². The molecule has 0 aliphatic heterocycles. The molecule has 0 aliphatic carbocycles. The number of carboxylic acids is 2. The van der Waals surface area contributed by atoms with Gasteiger partial charge >= 0.3 is 23.9 Å². The number of hydrogen-bond donors (Lipinski definition) is 2. The monoisotopic (exact) mass is 266 g/mol. The Bertz CT molecular complexity index is 325. The molecule has 0 radical (unpaired) electrons. The normalized spacial score (nSPS) is 11.4. The molecule has 2 atom stereocenters. The molecular weight excluding hydrogens is 255 g/mol. The van der Waals surface area contributed by atoms with Gasteiger partial charge in [-0.2, -0.15) is 0 Å². The first-order valence-corrected chi connectivity index (χ1v) is 4.87. The fourth-order valence-corrected chi connectivity index (χ4v) is 0.936. The molecule has 0 heterocycles. The Labute approximate surface area is 98.2 Å². The minimum absolute atomic E-state index is 0.276. The number of esters is 1. The van der Waals surface area contributed by atoms with Crippen LogP contribution in [0.2, 0.25) is 0 Å². The average molecular weight is 266 g/mol. The van der Waals surface area contributed by atoms with E-state index in [1.807, 2.05) is 0 Å². The van der Waals surface area contributed by atoms with E-state index in [9.17, 15) is 19.2 Å². The summed E-state index contributed by atoms with van der Waals surface area (Å²) < 4.78 is 8.56. The summed E-state index contributed by atoms with van der Waals surface area (Å²) in [5.41, 5.74) is 0. The van der Waals surface area contributed by atoms with Gasteiger partial charge in [0.15, 0.2) is 0 Å². The Hall–Kier alpha value is -1.69. The molecule has 0 fully saturated rings. The third kappa shape index (κ3) is 7.24. The summed E-state index contributed by atoms with van der Waals surface area (Å²) in [5.74, 6) is -4.63. The maximum Gasteiger partial charge on any atom is 0.345 e. The van der Waals surface area contributed by atoms with E-state index in [2.05, 4.69) is 9.26 Å². The molecule has 96 valence electrons. The molecule has 9 heteroatoms. The van der Waals surface area contributed by atoms with Crippen molar-refractivity contribution in [3.05, 3.63) is 0 Å². The summed E-state index contributed by atoms with van der Waals surface area (Å²) in [4.78, 5) is 42.5. The third-order valence-electron chi connectivity index (χ3n) is 1.57. The van der Waals surface area contributed by atoms with Crippen LogP contribution >= 0.6 is 9.47 Å². The van der Waals surface area contributed by atoms with E-state index in [0.717, 1.165) is 0 Å². The van der Waals surface area contributed by atoms with E-state index in [4.69, 9.17) is 10.2 Å². The Balaban J connectivity index is 4.17. The van der Waals surface area contributed by atoms with Crippen molar-refractivity contribution >= 4 is 33.3 Å². The largest absolute Gasteiger partial charge is 0.481 e. The molecule has 1 unspecified atom stereocenters. The lowest BCUT2D eigenvalue weighted by Crippen LogP contribution is -2.29. The van der Waals surface area contributed by atoms with Crippen LogP contribution in [0, 0.1) is 0 Å². The van der Waals surface area contributed by atoms with Crippen molar-refractivity contribution in [1.82, 2.24) is 0 Å². The van der Waals surface area contributed by atoms with Gasteiger partial charge in [0, 0.05) is 0 Å². The van der Waals surface area contributed by atoms with Crippen LogP contribution in [-0.4, -0.2) is 40.2 Å². The van der Waals surface area contributed by atoms with Crippen molar-refractivity contribution in [2.75, 3.05) is 0 Å². The van der Waals surface area contributed by atoms with E-state index >= 15 is 0 Å². The van der Waals surface area contributed by atoms with Crippen molar-refractivity contribution in [2.45, 2.75) is 25.4 Å². The van der Waals surface area contributed by atoms with Gasteiger partial charge in [-0.3, -0.25) is 14.4 Å². The quantitative estimate of drug-likeness (QED) is 0.469. The topological polar surface area (TPSA) is 127 Å². The molecule has 0 saturated heterocycles. The number of carbonyl (C=O) groups is 4. The van der Waals surface area contributed by atoms with E-state index in [0.29, 0.717) is 0 Å². The van der Waals surface area contributed by atoms with Crippen LogP contribution in [0.3, 0.4) is 0 Å². The highest BCUT2D eigenvalue weighted by molar-refractivity contribution is 7.10. The minimum Gasteiger partial charge on any atom is -0.481 e. The molecule has 2 N–H and O–H groups in total. The van der Waals surface area contributed by atoms with Crippen LogP contribution in [-0.2, 0) is 28.4 Å². The number of rotatable bonds is 7. The second kappa shape index (κ2) is 7.56. The highest BCUT2D eigenvalue weighted by atomic mass is 31.0. The number of ether oxygens (including phenoxy) is 1. The van der Waals surface area contributed by atoms with Crippen molar-refractivity contribution in [2.24, 2.45) is 0 Å². The van der Waals surface area contributed by atoms with Gasteiger partial charge in [-0.05, 0) is 0 Å². The molecule has 0 aromatic carbocycles. The molecule has 17 heavy (non-hydrogen) atoms. The second-order valence-electron chi connectivity index (χ2n) is 2.90. The van der Waals surface area contributed by atoms with Gasteiger partial charge in [-0.1, -0.05) is 0 Å². The molecule has 8 nitrogen and oxygen atoms in total. The SMILES string of the molecule is O=C(O)C[C@H](OC(=O)CCC(=O)OP)C(=O)O. The lowest BCUT2D eigenvalue weighted by atomic mass is 10.2. The smallest absolute Gasteiger partial charge is 0.345 e. The van der Waals surface area contributed by atoms with Crippen molar-refractivity contribution in [3.63, 3.8) is 0 Å². The van der Waals surface area contributed by atoms with Crippen LogP contribution in [0.5, 0.6) is 0 Å². The summed E-state index contributed by atoms with van der Waals surface area (Å²) in [7, 11) is 1.70. The van der Waals surface area contributed by atoms with Gasteiger partial charge < -0.3 is 19.5 Å². The van der Waals surface area contributed by atoms with Crippen LogP contribution in [0.15, 0.2) is 0 Å². The number of hydrogen-bond acceptors (Lipinski definition) is 6. The Morgan fingerprint density at radius 3 is 2.00 bits per heavy atom. The predicted octanol–water partition coefficient (Wildman–Crippen LogP) is -0.429. The van der Waals surface area contributed by atoms with E-state index in [1.54, 1.807) is 9.47 Å². The second-order valence-corrected chi connectivity index (χ2v) is 3.14. The molecule has 0 amide bonds. The maximum atomic E-state index is 11.1. The highest BCUT2D eigenvalue weighted by Crippen LogP contribution is 2.04. The lowest BCUT2D eigenvalue weighted by molar-refractivity contribution is -0.167. The van der Waals surface area contributed by atoms with Crippen LogP contribution in [0.25, 0.3) is 0 Å².